The van der Waals surface area contributed by atoms with Gasteiger partial charge in [-0.1, -0.05) is 39.0 Å². The van der Waals surface area contributed by atoms with Crippen molar-refractivity contribution in [3.63, 3.8) is 0 Å². The van der Waals surface area contributed by atoms with Gasteiger partial charge in [-0.3, -0.25) is 0 Å². The number of carboxylic acids is 1. The molecule has 4 heteroatoms. The molecule has 0 aliphatic heterocycles. The summed E-state index contributed by atoms with van der Waals surface area (Å²) in [6, 6.07) is 5.16. The molecule has 0 bridgehead atoms. The average molecular weight is 290 g/mol. The summed E-state index contributed by atoms with van der Waals surface area (Å²) in [7, 11) is 0. The second-order valence-corrected chi connectivity index (χ2v) is 4.10. The molecular weight excluding hydrogens is 268 g/mol. The van der Waals surface area contributed by atoms with Crippen molar-refractivity contribution in [2.45, 2.75) is 45.4 Å². The summed E-state index contributed by atoms with van der Waals surface area (Å²) in [4.78, 5) is 10.1. The minimum Gasteiger partial charge on any atom is -0.545 e. The van der Waals surface area contributed by atoms with Crippen LogP contribution in [0.4, 0.5) is 0 Å². The first-order valence-corrected chi connectivity index (χ1v) is 6.41. The molecule has 0 fully saturated rings. The molecule has 0 aliphatic carbocycles. The summed E-state index contributed by atoms with van der Waals surface area (Å²) >= 11 is 0. The largest absolute Gasteiger partial charge is 2.00 e. The van der Waals surface area contributed by atoms with Gasteiger partial charge in [0.1, 0.15) is 5.75 Å². The van der Waals surface area contributed by atoms with E-state index >= 15 is 0 Å². The summed E-state index contributed by atoms with van der Waals surface area (Å²) in [5.41, 5.74) is 0.0674. The van der Waals surface area contributed by atoms with Gasteiger partial charge in [0.2, 0.25) is 0 Å². The monoisotopic (exact) mass is 290 g/mol. The molecule has 0 unspecified atom stereocenters. The van der Waals surface area contributed by atoms with E-state index in [1.54, 1.807) is 0 Å². The third-order valence-corrected chi connectivity index (χ3v) is 2.46. The van der Waals surface area contributed by atoms with Crippen molar-refractivity contribution in [1.82, 2.24) is 0 Å². The Balaban J connectivity index is 0. The molecule has 0 saturated carbocycles. The van der Waals surface area contributed by atoms with E-state index in [1.165, 1.54) is 56.4 Å². The van der Waals surface area contributed by atoms with Gasteiger partial charge in [-0.15, -0.1) is 0 Å². The molecule has 19 heavy (non-hydrogen) atoms. The Bertz CT molecular complexity index is 317. The van der Waals surface area contributed by atoms with Crippen LogP contribution >= 0.6 is 0 Å². The Morgan fingerprint density at radius 3 is 2.11 bits per heavy atom. The van der Waals surface area contributed by atoms with Gasteiger partial charge in [-0.2, -0.15) is 6.42 Å². The second-order valence-electron chi connectivity index (χ2n) is 4.10. The molecule has 102 valence electrons. The van der Waals surface area contributed by atoms with E-state index in [4.69, 9.17) is 5.11 Å². The van der Waals surface area contributed by atoms with Gasteiger partial charge in [-0.05, 0) is 29.8 Å². The molecule has 1 aromatic carbocycles. The summed E-state index contributed by atoms with van der Waals surface area (Å²) in [6.07, 6.45) is 7.98. The van der Waals surface area contributed by atoms with Crippen LogP contribution in [0.5, 0.6) is 5.75 Å². The van der Waals surface area contributed by atoms with Gasteiger partial charge in [0.15, 0.2) is 0 Å². The van der Waals surface area contributed by atoms with E-state index in [1.807, 2.05) is 0 Å². The third-order valence-electron chi connectivity index (χ3n) is 2.46. The number of hydrogen-bond donors (Lipinski definition) is 1. The Labute approximate surface area is 146 Å². The van der Waals surface area contributed by atoms with Crippen molar-refractivity contribution < 1.29 is 15.0 Å². The SMILES string of the molecule is O=C([O-])c1ccc(O)cc1.[CH2-]CCCCCCC.[Ca+2]. The second kappa shape index (κ2) is 14.2. The number of benzene rings is 1. The molecule has 3 nitrogen and oxygen atoms in total. The van der Waals surface area contributed by atoms with Crippen LogP contribution < -0.4 is 5.11 Å². The van der Waals surface area contributed by atoms with Crippen LogP contribution in [0.15, 0.2) is 24.3 Å². The summed E-state index contributed by atoms with van der Waals surface area (Å²) < 4.78 is 0. The minimum atomic E-state index is -1.24. The van der Waals surface area contributed by atoms with Crippen molar-refractivity contribution in [3.8, 4) is 5.75 Å². The standard InChI is InChI=1S/C8H17.C7H6O3.Ca/c1-3-5-7-8-6-4-2;8-6-3-1-5(2-4-6)7(9)10;/h1,3-8H2,2H3;1-4,8H,(H,9,10);/q-1;;+2/p-1. The van der Waals surface area contributed by atoms with E-state index in [-0.39, 0.29) is 49.1 Å². The minimum absolute atomic E-state index is 0. The van der Waals surface area contributed by atoms with Gasteiger partial charge < -0.3 is 21.9 Å². The van der Waals surface area contributed by atoms with Crippen molar-refractivity contribution in [1.29, 1.82) is 0 Å². The first kappa shape index (κ1) is 21.1. The number of carbonyl (C=O) groups excluding carboxylic acids is 1. The number of aromatic carboxylic acids is 1. The Kier molecular flexibility index (Phi) is 15.7. The quantitative estimate of drug-likeness (QED) is 0.497. The molecule has 0 amide bonds. The smallest absolute Gasteiger partial charge is 0.545 e. The first-order valence-electron chi connectivity index (χ1n) is 6.41. The number of unbranched alkanes of at least 4 members (excludes halogenated alkanes) is 5. The number of carboxylic acid groups (broad SMARTS) is 1. The van der Waals surface area contributed by atoms with Gasteiger partial charge >= 0.3 is 37.7 Å². The topological polar surface area (TPSA) is 60.4 Å². The van der Waals surface area contributed by atoms with Gasteiger partial charge in [0.25, 0.3) is 0 Å². The van der Waals surface area contributed by atoms with Crippen molar-refractivity contribution in [2.75, 3.05) is 0 Å². The number of phenols is 1. The van der Waals surface area contributed by atoms with Crippen LogP contribution in [0.3, 0.4) is 0 Å². The maximum Gasteiger partial charge on any atom is 2.00 e. The molecule has 1 N–H and O–H groups in total. The molecule has 1 rings (SSSR count). The summed E-state index contributed by atoms with van der Waals surface area (Å²) in [5.74, 6) is -1.19. The summed E-state index contributed by atoms with van der Waals surface area (Å²) in [5, 5.41) is 18.8. The average Bonchev–Trinajstić information content (AvgIpc) is 2.36. The van der Waals surface area contributed by atoms with Crippen molar-refractivity contribution in [2.24, 2.45) is 0 Å². The van der Waals surface area contributed by atoms with Crippen LogP contribution in [0, 0.1) is 6.92 Å². The molecule has 0 atom stereocenters. The Morgan fingerprint density at radius 2 is 1.68 bits per heavy atom. The molecular formula is C15H22CaO3. The van der Waals surface area contributed by atoms with E-state index in [0.29, 0.717) is 0 Å². The fourth-order valence-electron chi connectivity index (χ4n) is 1.38. The molecule has 1 aromatic rings. The Morgan fingerprint density at radius 1 is 1.16 bits per heavy atom. The predicted octanol–water partition coefficient (Wildman–Crippen LogP) is 2.56. The normalized spacial score (nSPS) is 8.95. The van der Waals surface area contributed by atoms with Crippen LogP contribution in [0.1, 0.15) is 55.8 Å². The van der Waals surface area contributed by atoms with E-state index in [2.05, 4.69) is 13.8 Å². The zero-order valence-corrected chi connectivity index (χ0v) is 13.9. The summed E-state index contributed by atoms with van der Waals surface area (Å²) in [6.45, 7) is 6.02. The number of rotatable bonds is 6. The zero-order chi connectivity index (χ0) is 13.8. The van der Waals surface area contributed by atoms with Crippen molar-refractivity contribution in [3.05, 3.63) is 36.8 Å². The fourth-order valence-corrected chi connectivity index (χ4v) is 1.38. The van der Waals surface area contributed by atoms with E-state index in [9.17, 15) is 9.90 Å². The van der Waals surface area contributed by atoms with Gasteiger partial charge in [0, 0.05) is 0 Å². The van der Waals surface area contributed by atoms with Crippen LogP contribution in [0.2, 0.25) is 0 Å². The van der Waals surface area contributed by atoms with Crippen LogP contribution in [-0.2, 0) is 0 Å². The molecule has 0 heterocycles. The molecule has 0 saturated heterocycles. The number of aromatic hydroxyl groups is 1. The van der Waals surface area contributed by atoms with E-state index in [0.717, 1.165) is 6.42 Å². The fraction of sp³-hybridized carbons (Fsp3) is 0.467. The van der Waals surface area contributed by atoms with Gasteiger partial charge in [0.05, 0.1) is 5.97 Å². The zero-order valence-electron chi connectivity index (χ0n) is 11.7. The molecule has 0 spiro atoms. The van der Waals surface area contributed by atoms with Crippen LogP contribution in [-0.4, -0.2) is 48.8 Å². The predicted molar refractivity (Wildman–Crippen MR) is 76.9 cm³/mol. The number of carbonyl (C=O) groups is 1. The van der Waals surface area contributed by atoms with Crippen molar-refractivity contribution >= 4 is 43.7 Å². The maximum absolute atomic E-state index is 10.1. The number of phenolic OH excluding ortho intramolecular Hbond substituents is 1. The number of hydrogen-bond acceptors (Lipinski definition) is 3. The molecule has 0 aliphatic rings. The third kappa shape index (κ3) is 12.5. The Hall–Kier alpha value is -0.250. The van der Waals surface area contributed by atoms with E-state index < -0.39 is 5.97 Å². The molecule has 0 aromatic heterocycles. The first-order chi connectivity index (χ1) is 8.61. The van der Waals surface area contributed by atoms with Crippen LogP contribution in [0.25, 0.3) is 0 Å². The van der Waals surface area contributed by atoms with Gasteiger partial charge in [-0.25, -0.2) is 0 Å². The molecule has 0 radical (unpaired) electrons. The maximum atomic E-state index is 10.1.